The fourth-order valence-corrected chi connectivity index (χ4v) is 2.45. The molecule has 1 saturated carbocycles. The Labute approximate surface area is 118 Å². The van der Waals surface area contributed by atoms with Gasteiger partial charge in [-0.15, -0.1) is 0 Å². The van der Waals surface area contributed by atoms with Crippen LogP contribution in [-0.2, 0) is 6.54 Å². The van der Waals surface area contributed by atoms with Crippen molar-refractivity contribution in [3.63, 3.8) is 0 Å². The average Bonchev–Trinajstić information content (AvgIpc) is 2.92. The van der Waals surface area contributed by atoms with Crippen molar-refractivity contribution in [3.05, 3.63) is 20.8 Å². The molecule has 1 aromatic rings. The van der Waals surface area contributed by atoms with Crippen LogP contribution in [0.4, 0.5) is 11.5 Å². The third-order valence-corrected chi connectivity index (χ3v) is 4.03. The molecule has 6 nitrogen and oxygen atoms in total. The number of hydrogen-bond donors (Lipinski definition) is 3. The molecule has 0 aliphatic heterocycles. The predicted molar refractivity (Wildman–Crippen MR) is 81.0 cm³/mol. The molecule has 0 amide bonds. The quantitative estimate of drug-likeness (QED) is 0.756. The first-order chi connectivity index (χ1) is 9.22. The topological polar surface area (TPSA) is 92.9 Å². The van der Waals surface area contributed by atoms with Crippen molar-refractivity contribution in [2.75, 3.05) is 17.6 Å². The molecule has 0 spiro atoms. The van der Waals surface area contributed by atoms with E-state index in [1.54, 1.807) is 0 Å². The van der Waals surface area contributed by atoms with E-state index in [0.29, 0.717) is 30.1 Å². The summed E-state index contributed by atoms with van der Waals surface area (Å²) in [5.41, 5.74) is 5.75. The molecule has 0 bridgehead atoms. The Balaban J connectivity index is 2.24. The summed E-state index contributed by atoms with van der Waals surface area (Å²) in [5.74, 6) is 1.05. The monoisotopic (exact) mass is 280 g/mol. The first-order valence-corrected chi connectivity index (χ1v) is 7.09. The van der Waals surface area contributed by atoms with Crippen LogP contribution in [0.25, 0.3) is 0 Å². The Hall–Kier alpha value is -1.72. The standard InChI is InChI=1S/C14H24N4O2/c1-8(2)7-18-11(15)10(12(19)17-13(18)20)16-6-9-5-14(9,3)4/h8-9,16H,5-7,15H2,1-4H3,(H,17,19,20). The highest BCUT2D eigenvalue weighted by molar-refractivity contribution is 5.60. The van der Waals surface area contributed by atoms with E-state index in [1.165, 1.54) is 4.57 Å². The molecule has 4 N–H and O–H groups in total. The zero-order chi connectivity index (χ0) is 15.1. The molecule has 20 heavy (non-hydrogen) atoms. The van der Waals surface area contributed by atoms with Gasteiger partial charge in [-0.25, -0.2) is 4.79 Å². The van der Waals surface area contributed by atoms with Gasteiger partial charge in [-0.1, -0.05) is 27.7 Å². The van der Waals surface area contributed by atoms with E-state index in [0.717, 1.165) is 6.42 Å². The second-order valence-electron chi connectivity index (χ2n) is 6.79. The normalized spacial score (nSPS) is 20.1. The fourth-order valence-electron chi connectivity index (χ4n) is 2.45. The lowest BCUT2D eigenvalue weighted by atomic mass is 10.1. The SMILES string of the molecule is CC(C)Cn1c(N)c(NCC2CC2(C)C)c(=O)[nH]c1=O. The minimum absolute atomic E-state index is 0.228. The number of aromatic nitrogens is 2. The highest BCUT2D eigenvalue weighted by Gasteiger charge is 2.45. The second-order valence-corrected chi connectivity index (χ2v) is 6.79. The van der Waals surface area contributed by atoms with Gasteiger partial charge in [-0.2, -0.15) is 0 Å². The first-order valence-electron chi connectivity index (χ1n) is 7.09. The van der Waals surface area contributed by atoms with Crippen molar-refractivity contribution in [2.24, 2.45) is 17.3 Å². The van der Waals surface area contributed by atoms with Crippen LogP contribution in [0.2, 0.25) is 0 Å². The maximum Gasteiger partial charge on any atom is 0.330 e. The Morgan fingerprint density at radius 3 is 2.55 bits per heavy atom. The number of anilines is 2. The minimum atomic E-state index is -0.446. The van der Waals surface area contributed by atoms with Gasteiger partial charge in [0.05, 0.1) is 0 Å². The van der Waals surface area contributed by atoms with Crippen molar-refractivity contribution >= 4 is 11.5 Å². The molecule has 1 aromatic heterocycles. The third-order valence-electron chi connectivity index (χ3n) is 4.03. The van der Waals surface area contributed by atoms with Gasteiger partial charge in [-0.05, 0) is 23.7 Å². The van der Waals surface area contributed by atoms with Gasteiger partial charge in [0.2, 0.25) is 0 Å². The van der Waals surface area contributed by atoms with Crippen molar-refractivity contribution in [3.8, 4) is 0 Å². The Morgan fingerprint density at radius 1 is 1.45 bits per heavy atom. The van der Waals surface area contributed by atoms with Crippen LogP contribution in [0.15, 0.2) is 9.59 Å². The maximum absolute atomic E-state index is 11.9. The van der Waals surface area contributed by atoms with Gasteiger partial charge in [0.15, 0.2) is 0 Å². The molecule has 1 aliphatic carbocycles. The van der Waals surface area contributed by atoms with E-state index in [9.17, 15) is 9.59 Å². The number of nitrogen functional groups attached to an aromatic ring is 1. The summed E-state index contributed by atoms with van der Waals surface area (Å²) in [6.45, 7) is 9.60. The molecule has 0 saturated heterocycles. The van der Waals surface area contributed by atoms with Gasteiger partial charge in [0, 0.05) is 13.1 Å². The van der Waals surface area contributed by atoms with E-state index in [2.05, 4.69) is 24.1 Å². The Bertz CT molecular complexity index is 613. The van der Waals surface area contributed by atoms with Crippen LogP contribution in [0.5, 0.6) is 0 Å². The molecule has 1 fully saturated rings. The summed E-state index contributed by atoms with van der Waals surface area (Å²) < 4.78 is 1.42. The van der Waals surface area contributed by atoms with Crippen LogP contribution < -0.4 is 22.3 Å². The van der Waals surface area contributed by atoms with Gasteiger partial charge in [-0.3, -0.25) is 14.3 Å². The summed E-state index contributed by atoms with van der Waals surface area (Å²) in [5, 5.41) is 3.11. The number of aromatic amines is 1. The molecule has 0 aromatic carbocycles. The lowest BCUT2D eigenvalue weighted by molar-refractivity contribution is 0.508. The number of rotatable bonds is 5. The molecule has 2 rings (SSSR count). The molecular weight excluding hydrogens is 256 g/mol. The van der Waals surface area contributed by atoms with E-state index in [-0.39, 0.29) is 11.7 Å². The largest absolute Gasteiger partial charge is 0.383 e. The summed E-state index contributed by atoms with van der Waals surface area (Å²) in [6, 6.07) is 0. The smallest absolute Gasteiger partial charge is 0.330 e. The summed E-state index contributed by atoms with van der Waals surface area (Å²) >= 11 is 0. The van der Waals surface area contributed by atoms with E-state index in [4.69, 9.17) is 5.73 Å². The second kappa shape index (κ2) is 5.00. The highest BCUT2D eigenvalue weighted by Crippen LogP contribution is 2.51. The lowest BCUT2D eigenvalue weighted by Gasteiger charge is -2.15. The molecule has 1 atom stereocenters. The van der Waals surface area contributed by atoms with E-state index >= 15 is 0 Å². The van der Waals surface area contributed by atoms with Crippen LogP contribution >= 0.6 is 0 Å². The van der Waals surface area contributed by atoms with Crippen LogP contribution in [0.1, 0.15) is 34.1 Å². The van der Waals surface area contributed by atoms with Gasteiger partial charge < -0.3 is 11.1 Å². The van der Waals surface area contributed by atoms with Crippen molar-refractivity contribution in [1.29, 1.82) is 0 Å². The van der Waals surface area contributed by atoms with E-state index < -0.39 is 11.2 Å². The van der Waals surface area contributed by atoms with Crippen molar-refractivity contribution in [2.45, 2.75) is 40.7 Å². The van der Waals surface area contributed by atoms with Gasteiger partial charge in [0.1, 0.15) is 11.5 Å². The molecule has 1 aliphatic rings. The van der Waals surface area contributed by atoms with Gasteiger partial charge in [0.25, 0.3) is 5.56 Å². The lowest BCUT2D eigenvalue weighted by Crippen LogP contribution is -2.35. The average molecular weight is 280 g/mol. The van der Waals surface area contributed by atoms with Crippen molar-refractivity contribution in [1.82, 2.24) is 9.55 Å². The minimum Gasteiger partial charge on any atom is -0.383 e. The molecular formula is C14H24N4O2. The Morgan fingerprint density at radius 2 is 2.05 bits per heavy atom. The molecule has 1 heterocycles. The van der Waals surface area contributed by atoms with Crippen molar-refractivity contribution < 1.29 is 0 Å². The van der Waals surface area contributed by atoms with Crippen LogP contribution in [-0.4, -0.2) is 16.1 Å². The zero-order valence-electron chi connectivity index (χ0n) is 12.6. The molecule has 112 valence electrons. The summed E-state index contributed by atoms with van der Waals surface area (Å²) in [6.07, 6.45) is 1.14. The highest BCUT2D eigenvalue weighted by atomic mass is 16.2. The van der Waals surface area contributed by atoms with Crippen LogP contribution in [0.3, 0.4) is 0 Å². The maximum atomic E-state index is 11.9. The van der Waals surface area contributed by atoms with Gasteiger partial charge >= 0.3 is 5.69 Å². The third kappa shape index (κ3) is 2.89. The Kier molecular flexibility index (Phi) is 3.67. The number of nitrogens with zero attached hydrogens (tertiary/aromatic N) is 1. The summed E-state index contributed by atoms with van der Waals surface area (Å²) in [7, 11) is 0. The number of nitrogens with two attached hydrogens (primary N) is 1. The zero-order valence-corrected chi connectivity index (χ0v) is 12.6. The summed E-state index contributed by atoms with van der Waals surface area (Å²) in [4.78, 5) is 26.0. The number of nitrogens with one attached hydrogen (secondary N) is 2. The number of H-pyrrole nitrogens is 1. The molecule has 1 unspecified atom stereocenters. The predicted octanol–water partition coefficient (Wildman–Crippen LogP) is 1.23. The molecule has 6 heteroatoms. The fraction of sp³-hybridized carbons (Fsp3) is 0.714. The first kappa shape index (κ1) is 14.7. The van der Waals surface area contributed by atoms with E-state index in [1.807, 2.05) is 13.8 Å². The molecule has 0 radical (unpaired) electrons. The number of hydrogen-bond acceptors (Lipinski definition) is 4. The van der Waals surface area contributed by atoms with Crippen LogP contribution in [0, 0.1) is 17.3 Å².